The number of hydrogen-bond acceptors (Lipinski definition) is 4. The van der Waals surface area contributed by atoms with Crippen LogP contribution in [-0.2, 0) is 0 Å². The average molecular weight is 593 g/mol. The summed E-state index contributed by atoms with van der Waals surface area (Å²) in [5.74, 6) is 0. The van der Waals surface area contributed by atoms with Gasteiger partial charge < -0.3 is 19.5 Å². The zero-order valence-corrected chi connectivity index (χ0v) is 24.8. The van der Waals surface area contributed by atoms with Gasteiger partial charge in [-0.3, -0.25) is 0 Å². The van der Waals surface area contributed by atoms with Crippen molar-refractivity contribution in [2.75, 3.05) is 0 Å². The maximum Gasteiger partial charge on any atom is 0.178 e. The molecule has 1 aliphatic carbocycles. The second-order valence-corrected chi connectivity index (χ2v) is 12.2. The average Bonchev–Trinajstić information content (AvgIpc) is 3.69. The number of allylic oxidation sites excluding steroid dienone is 5. The predicted octanol–water partition coefficient (Wildman–Crippen LogP) is 10.3. The van der Waals surface area contributed by atoms with Crippen molar-refractivity contribution in [1.29, 1.82) is 0 Å². The maximum absolute atomic E-state index is 6.47. The van der Waals surface area contributed by atoms with Crippen LogP contribution < -0.4 is 10.6 Å². The van der Waals surface area contributed by atoms with Gasteiger partial charge in [-0.05, 0) is 93.7 Å². The standard InChI is InChI=1S/C42H28N2O2/c1-2-6-25(7-3-1)29-14-19-37-34(23-29)32-16-17-33-35-24-30(15-20-38(35)46-42(33)41(32)45-37)28-8-4-9-31(22-28)36-18-13-27-12-11-26-10-5-21-43-39(26)40(27)44-36/h1-24,36,39,43-44H. The summed E-state index contributed by atoms with van der Waals surface area (Å²) in [7, 11) is 0. The van der Waals surface area contributed by atoms with Gasteiger partial charge in [0, 0.05) is 27.2 Å². The first-order chi connectivity index (χ1) is 22.8. The van der Waals surface area contributed by atoms with E-state index in [-0.39, 0.29) is 12.1 Å². The molecule has 5 aromatic carbocycles. The SMILES string of the molecule is C1=CNC2C(=C1)C=CC1=C2NC(c2cccc(-c3ccc4oc5c(ccc6c7cc(-c8ccccc8)ccc7oc65)c4c3)c2)C=C1. The minimum atomic E-state index is 0.0846. The van der Waals surface area contributed by atoms with Gasteiger partial charge in [-0.2, -0.15) is 0 Å². The van der Waals surface area contributed by atoms with Crippen LogP contribution in [-0.4, -0.2) is 6.04 Å². The van der Waals surface area contributed by atoms with E-state index in [4.69, 9.17) is 8.83 Å². The fraction of sp³-hybridized carbons (Fsp3) is 0.0476. The van der Waals surface area contributed by atoms with Gasteiger partial charge in [0.1, 0.15) is 11.2 Å². The number of hydrogen-bond donors (Lipinski definition) is 2. The third-order valence-corrected chi connectivity index (χ3v) is 9.58. The normalized spacial score (nSPS) is 18.6. The van der Waals surface area contributed by atoms with E-state index in [0.29, 0.717) is 0 Å². The molecule has 4 heterocycles. The van der Waals surface area contributed by atoms with Crippen LogP contribution in [0.5, 0.6) is 0 Å². The van der Waals surface area contributed by atoms with Gasteiger partial charge in [0.05, 0.1) is 12.1 Å². The van der Waals surface area contributed by atoms with E-state index in [2.05, 4.69) is 144 Å². The maximum atomic E-state index is 6.47. The first-order valence-corrected chi connectivity index (χ1v) is 15.7. The van der Waals surface area contributed by atoms with Gasteiger partial charge in [-0.1, -0.05) is 91.0 Å². The smallest absolute Gasteiger partial charge is 0.178 e. The molecular formula is C42H28N2O2. The van der Waals surface area contributed by atoms with Gasteiger partial charge in [-0.25, -0.2) is 0 Å². The van der Waals surface area contributed by atoms with Crippen LogP contribution in [0.15, 0.2) is 171 Å². The van der Waals surface area contributed by atoms with E-state index in [0.717, 1.165) is 49.4 Å². The highest BCUT2D eigenvalue weighted by Gasteiger charge is 2.27. The van der Waals surface area contributed by atoms with Crippen LogP contribution >= 0.6 is 0 Å². The molecule has 0 saturated heterocycles. The Labute approximate surface area is 265 Å². The van der Waals surface area contributed by atoms with Crippen molar-refractivity contribution < 1.29 is 8.83 Å². The van der Waals surface area contributed by atoms with Crippen molar-refractivity contribution in [2.24, 2.45) is 0 Å². The van der Waals surface area contributed by atoms with Crippen molar-refractivity contribution >= 4 is 43.9 Å². The minimum Gasteiger partial charge on any atom is -0.452 e. The Kier molecular flexibility index (Phi) is 5.37. The van der Waals surface area contributed by atoms with Crippen LogP contribution in [0.1, 0.15) is 11.6 Å². The molecule has 7 aromatic rings. The molecule has 2 aromatic heterocycles. The number of nitrogens with one attached hydrogen (secondary N) is 2. The molecule has 2 aliphatic heterocycles. The molecule has 46 heavy (non-hydrogen) atoms. The summed E-state index contributed by atoms with van der Waals surface area (Å²) in [5, 5.41) is 11.6. The Hall–Kier alpha value is -6.00. The van der Waals surface area contributed by atoms with E-state index in [9.17, 15) is 0 Å². The predicted molar refractivity (Wildman–Crippen MR) is 187 cm³/mol. The van der Waals surface area contributed by atoms with Crippen molar-refractivity contribution in [1.82, 2.24) is 10.6 Å². The van der Waals surface area contributed by atoms with E-state index >= 15 is 0 Å². The summed E-state index contributed by atoms with van der Waals surface area (Å²) >= 11 is 0. The minimum absolute atomic E-state index is 0.0846. The molecule has 0 amide bonds. The lowest BCUT2D eigenvalue weighted by molar-refractivity contribution is 0.608. The summed E-state index contributed by atoms with van der Waals surface area (Å²) in [6.45, 7) is 0. The molecule has 0 bridgehead atoms. The van der Waals surface area contributed by atoms with Gasteiger partial charge in [0.15, 0.2) is 11.2 Å². The molecule has 0 saturated carbocycles. The van der Waals surface area contributed by atoms with E-state index in [1.165, 1.54) is 39.1 Å². The second-order valence-electron chi connectivity index (χ2n) is 12.2. The molecule has 218 valence electrons. The molecule has 0 radical (unpaired) electrons. The molecule has 4 heteroatoms. The highest BCUT2D eigenvalue weighted by Crippen LogP contribution is 2.41. The van der Waals surface area contributed by atoms with Crippen LogP contribution in [0, 0.1) is 0 Å². The van der Waals surface area contributed by atoms with Crippen molar-refractivity contribution in [2.45, 2.75) is 12.1 Å². The first-order valence-electron chi connectivity index (χ1n) is 15.7. The van der Waals surface area contributed by atoms with Gasteiger partial charge in [0.2, 0.25) is 0 Å². The zero-order chi connectivity index (χ0) is 30.2. The Bertz CT molecular complexity index is 2540. The quantitative estimate of drug-likeness (QED) is 0.214. The number of furan rings is 2. The van der Waals surface area contributed by atoms with E-state index in [1.807, 2.05) is 12.3 Å². The second kappa shape index (κ2) is 9.75. The Morgan fingerprint density at radius 2 is 1.26 bits per heavy atom. The van der Waals surface area contributed by atoms with Crippen LogP contribution in [0.4, 0.5) is 0 Å². The zero-order valence-electron chi connectivity index (χ0n) is 24.8. The number of dihydropyridines is 2. The topological polar surface area (TPSA) is 50.3 Å². The fourth-order valence-electron chi connectivity index (χ4n) is 7.24. The molecule has 3 aliphatic rings. The largest absolute Gasteiger partial charge is 0.452 e. The van der Waals surface area contributed by atoms with Gasteiger partial charge in [0.25, 0.3) is 0 Å². The Balaban J connectivity index is 1.02. The highest BCUT2D eigenvalue weighted by atomic mass is 16.4. The van der Waals surface area contributed by atoms with Crippen molar-refractivity contribution in [3.05, 3.63) is 168 Å². The number of rotatable bonds is 3. The van der Waals surface area contributed by atoms with Crippen LogP contribution in [0.3, 0.4) is 0 Å². The van der Waals surface area contributed by atoms with Crippen molar-refractivity contribution in [3.8, 4) is 22.3 Å². The Morgan fingerprint density at radius 3 is 2.02 bits per heavy atom. The molecule has 0 spiro atoms. The monoisotopic (exact) mass is 592 g/mol. The number of benzene rings is 5. The van der Waals surface area contributed by atoms with Crippen molar-refractivity contribution in [3.63, 3.8) is 0 Å². The summed E-state index contributed by atoms with van der Waals surface area (Å²) in [6, 6.07) is 36.7. The molecular weight excluding hydrogens is 564 g/mol. The molecule has 10 rings (SSSR count). The summed E-state index contributed by atoms with van der Waals surface area (Å²) in [5.41, 5.74) is 12.9. The molecule has 2 unspecified atom stereocenters. The molecule has 4 nitrogen and oxygen atoms in total. The summed E-state index contributed by atoms with van der Waals surface area (Å²) < 4.78 is 12.9. The summed E-state index contributed by atoms with van der Waals surface area (Å²) in [6.07, 6.45) is 15.1. The van der Waals surface area contributed by atoms with Crippen LogP contribution in [0.25, 0.3) is 66.1 Å². The molecule has 2 atom stereocenters. The Morgan fingerprint density at radius 1 is 0.565 bits per heavy atom. The van der Waals surface area contributed by atoms with Crippen LogP contribution in [0.2, 0.25) is 0 Å². The highest BCUT2D eigenvalue weighted by molar-refractivity contribution is 6.19. The third kappa shape index (κ3) is 3.87. The lowest BCUT2D eigenvalue weighted by Crippen LogP contribution is -2.40. The number of fused-ring (bicyclic) bond motifs is 9. The lowest BCUT2D eigenvalue weighted by Gasteiger charge is -2.34. The van der Waals surface area contributed by atoms with Gasteiger partial charge >= 0.3 is 0 Å². The van der Waals surface area contributed by atoms with E-state index in [1.54, 1.807) is 0 Å². The van der Waals surface area contributed by atoms with Gasteiger partial charge in [-0.15, -0.1) is 0 Å². The molecule has 2 N–H and O–H groups in total. The third-order valence-electron chi connectivity index (χ3n) is 9.58. The first kappa shape index (κ1) is 25.3. The van der Waals surface area contributed by atoms with E-state index < -0.39 is 0 Å². The lowest BCUT2D eigenvalue weighted by atomic mass is 9.88. The summed E-state index contributed by atoms with van der Waals surface area (Å²) in [4.78, 5) is 0. The molecule has 0 fully saturated rings. The fourth-order valence-corrected chi connectivity index (χ4v) is 7.24.